The molecule has 20 heavy (non-hydrogen) atoms. The molecule has 3 heterocycles. The fraction of sp³-hybridized carbons (Fsp3) is 0.600. The normalized spacial score (nSPS) is 16.8. The van der Waals surface area contributed by atoms with Crippen LogP contribution in [0, 0.1) is 0 Å². The van der Waals surface area contributed by atoms with Crippen LogP contribution in [0.4, 0.5) is 0 Å². The summed E-state index contributed by atoms with van der Waals surface area (Å²) < 4.78 is 3.19. The third kappa shape index (κ3) is 2.70. The Kier molecular flexibility index (Phi) is 4.01. The minimum atomic E-state index is 0.757. The number of aromatic nitrogens is 6. The Morgan fingerprint density at radius 2 is 1.20 bits per heavy atom. The van der Waals surface area contributed by atoms with Crippen molar-refractivity contribution in [2.75, 3.05) is 23.2 Å². The van der Waals surface area contributed by atoms with Crippen molar-refractivity contribution < 1.29 is 0 Å². The van der Waals surface area contributed by atoms with Gasteiger partial charge in [-0.1, -0.05) is 23.5 Å². The first kappa shape index (κ1) is 13.6. The smallest absolute Gasteiger partial charge is 0.209 e. The summed E-state index contributed by atoms with van der Waals surface area (Å²) in [4.78, 5) is 0. The Labute approximate surface area is 124 Å². The van der Waals surface area contributed by atoms with Crippen LogP contribution in [0.3, 0.4) is 0 Å². The van der Waals surface area contributed by atoms with E-state index in [0.717, 1.165) is 59.2 Å². The number of rotatable bonds is 0. The van der Waals surface area contributed by atoms with E-state index in [1.54, 1.807) is 32.9 Å². The number of fused-ring (bicyclic) bond motifs is 4. The first-order valence-corrected chi connectivity index (χ1v) is 8.37. The van der Waals surface area contributed by atoms with Crippen LogP contribution < -0.4 is 11.7 Å². The van der Waals surface area contributed by atoms with Crippen LogP contribution in [-0.2, 0) is 12.8 Å². The van der Waals surface area contributed by atoms with Crippen molar-refractivity contribution in [3.05, 3.63) is 11.6 Å². The topological polar surface area (TPSA) is 113 Å². The largest absolute Gasteiger partial charge is 0.336 e. The highest BCUT2D eigenvalue weighted by molar-refractivity contribution is 8.02. The first-order valence-electron chi connectivity index (χ1n) is 6.40. The Hall–Kier alpha value is -1.42. The molecule has 0 fully saturated rings. The second kappa shape index (κ2) is 5.92. The molecule has 2 aromatic rings. The van der Waals surface area contributed by atoms with Crippen molar-refractivity contribution in [2.24, 2.45) is 0 Å². The number of thioether (sulfide) groups is 2. The van der Waals surface area contributed by atoms with Crippen molar-refractivity contribution in [1.29, 1.82) is 0 Å². The molecule has 1 aliphatic rings. The maximum atomic E-state index is 5.99. The highest BCUT2D eigenvalue weighted by atomic mass is 32.2. The molecular weight excluding hydrogens is 296 g/mol. The summed E-state index contributed by atoms with van der Waals surface area (Å²) >= 11 is 3.18. The van der Waals surface area contributed by atoms with Gasteiger partial charge in [-0.2, -0.15) is 0 Å². The van der Waals surface area contributed by atoms with Crippen molar-refractivity contribution in [2.45, 2.75) is 36.0 Å². The molecule has 4 bridgehead atoms. The molecule has 0 saturated carbocycles. The number of nitrogens with two attached hydrogens (primary N) is 2. The average Bonchev–Trinajstić information content (AvgIpc) is 2.95. The van der Waals surface area contributed by atoms with Gasteiger partial charge < -0.3 is 11.7 Å². The van der Waals surface area contributed by atoms with Crippen LogP contribution in [0.25, 0.3) is 0 Å². The van der Waals surface area contributed by atoms with E-state index < -0.39 is 0 Å². The van der Waals surface area contributed by atoms with Gasteiger partial charge in [0.2, 0.25) is 10.3 Å². The van der Waals surface area contributed by atoms with E-state index in [1.165, 1.54) is 0 Å². The summed E-state index contributed by atoms with van der Waals surface area (Å²) in [5, 5.41) is 18.0. The van der Waals surface area contributed by atoms with Gasteiger partial charge in [0.15, 0.2) is 11.6 Å². The Bertz CT molecular complexity index is 493. The van der Waals surface area contributed by atoms with E-state index >= 15 is 0 Å². The zero-order chi connectivity index (χ0) is 13.9. The molecule has 0 spiro atoms. The summed E-state index contributed by atoms with van der Waals surface area (Å²) in [6.07, 6.45) is 3.55. The van der Waals surface area contributed by atoms with Gasteiger partial charge in [-0.15, -0.1) is 20.4 Å². The van der Waals surface area contributed by atoms with E-state index in [4.69, 9.17) is 11.7 Å². The lowest BCUT2D eigenvalue weighted by Gasteiger charge is -2.06. The average molecular weight is 312 g/mol. The number of nitrogens with zero attached hydrogens (tertiary/aromatic N) is 6. The van der Waals surface area contributed by atoms with Gasteiger partial charge >= 0.3 is 0 Å². The van der Waals surface area contributed by atoms with E-state index in [-0.39, 0.29) is 0 Å². The maximum Gasteiger partial charge on any atom is 0.209 e. The molecule has 8 nitrogen and oxygen atoms in total. The lowest BCUT2D eigenvalue weighted by Crippen LogP contribution is -2.16. The number of nitrogen functional groups attached to an aromatic ring is 2. The lowest BCUT2D eigenvalue weighted by atomic mass is 10.2. The van der Waals surface area contributed by atoms with Gasteiger partial charge in [0.05, 0.1) is 0 Å². The van der Waals surface area contributed by atoms with Gasteiger partial charge in [-0.3, -0.25) is 0 Å². The number of hydrogen-bond donors (Lipinski definition) is 2. The summed E-state index contributed by atoms with van der Waals surface area (Å²) in [5.41, 5.74) is 0. The van der Waals surface area contributed by atoms with E-state index in [2.05, 4.69) is 20.4 Å². The number of hydrogen-bond acceptors (Lipinski definition) is 8. The molecule has 108 valence electrons. The van der Waals surface area contributed by atoms with E-state index in [0.29, 0.717) is 0 Å². The summed E-state index contributed by atoms with van der Waals surface area (Å²) in [7, 11) is 0. The van der Waals surface area contributed by atoms with Gasteiger partial charge in [-0.25, -0.2) is 9.35 Å². The quantitative estimate of drug-likeness (QED) is 0.657. The second-order valence-corrected chi connectivity index (χ2v) is 6.57. The van der Waals surface area contributed by atoms with Crippen molar-refractivity contribution in [1.82, 2.24) is 29.7 Å². The summed E-state index contributed by atoms with van der Waals surface area (Å²) in [5.74, 6) is 15.4. The van der Waals surface area contributed by atoms with Crippen molar-refractivity contribution in [3.63, 3.8) is 0 Å². The van der Waals surface area contributed by atoms with Crippen LogP contribution in [0.5, 0.6) is 0 Å². The van der Waals surface area contributed by atoms with Gasteiger partial charge in [-0.05, 0) is 12.8 Å². The van der Waals surface area contributed by atoms with Crippen LogP contribution in [-0.4, -0.2) is 41.3 Å². The van der Waals surface area contributed by atoms with Crippen molar-refractivity contribution in [3.8, 4) is 0 Å². The molecule has 3 rings (SSSR count). The Morgan fingerprint density at radius 1 is 0.750 bits per heavy atom. The highest BCUT2D eigenvalue weighted by Gasteiger charge is 2.14. The molecule has 0 atom stereocenters. The lowest BCUT2D eigenvalue weighted by molar-refractivity contribution is 0.653. The third-order valence-corrected chi connectivity index (χ3v) is 5.21. The van der Waals surface area contributed by atoms with Crippen LogP contribution >= 0.6 is 23.5 Å². The predicted octanol–water partition coefficient (Wildman–Crippen LogP) is 0.0604. The summed E-state index contributed by atoms with van der Waals surface area (Å²) in [6, 6.07) is 0. The predicted molar refractivity (Wildman–Crippen MR) is 78.4 cm³/mol. The second-order valence-electron chi connectivity index (χ2n) is 4.44. The first-order chi connectivity index (χ1) is 9.75. The Balaban J connectivity index is 1.76. The van der Waals surface area contributed by atoms with Crippen molar-refractivity contribution >= 4 is 23.5 Å². The highest BCUT2D eigenvalue weighted by Crippen LogP contribution is 2.21. The standard InChI is InChI=1S/C10H16N8S2/c11-17-7-3-1-2-4-8-14-16-10(18(8)12)20-6-5-19-9(17)15-13-7/h1-6,11-12H2. The molecule has 4 N–H and O–H groups in total. The molecule has 10 heteroatoms. The van der Waals surface area contributed by atoms with Gasteiger partial charge in [0, 0.05) is 24.3 Å². The van der Waals surface area contributed by atoms with E-state index in [9.17, 15) is 0 Å². The minimum absolute atomic E-state index is 0.757. The van der Waals surface area contributed by atoms with Gasteiger partial charge in [0.1, 0.15) is 0 Å². The molecule has 0 aliphatic carbocycles. The third-order valence-electron chi connectivity index (χ3n) is 3.07. The summed E-state index contributed by atoms with van der Waals surface area (Å²) in [6.45, 7) is 0. The molecule has 1 aliphatic heterocycles. The minimum Gasteiger partial charge on any atom is -0.336 e. The van der Waals surface area contributed by atoms with Gasteiger partial charge in [0.25, 0.3) is 0 Å². The Morgan fingerprint density at radius 3 is 1.65 bits per heavy atom. The molecule has 2 aromatic heterocycles. The molecule has 0 amide bonds. The molecular formula is C10H16N8S2. The van der Waals surface area contributed by atoms with E-state index in [1.807, 2.05) is 0 Å². The fourth-order valence-electron chi connectivity index (χ4n) is 1.98. The maximum absolute atomic E-state index is 5.99. The van der Waals surface area contributed by atoms with Crippen LogP contribution in [0.1, 0.15) is 24.5 Å². The monoisotopic (exact) mass is 312 g/mol. The zero-order valence-corrected chi connectivity index (χ0v) is 12.5. The molecule has 0 aromatic carbocycles. The molecule has 0 saturated heterocycles. The molecule has 0 unspecified atom stereocenters. The van der Waals surface area contributed by atoms with Crippen LogP contribution in [0.2, 0.25) is 0 Å². The van der Waals surface area contributed by atoms with Crippen LogP contribution in [0.15, 0.2) is 10.3 Å². The fourth-order valence-corrected chi connectivity index (χ4v) is 3.70. The molecule has 0 radical (unpaired) electrons. The number of aryl methyl sites for hydroxylation is 2. The SMILES string of the molecule is Nn1c2nnc1SCCSc1nnc(n1N)CCCC2. The zero-order valence-electron chi connectivity index (χ0n) is 10.9.